The van der Waals surface area contributed by atoms with Crippen LogP contribution in [0.4, 0.5) is 5.69 Å². The Morgan fingerprint density at radius 3 is 2.75 bits per heavy atom. The van der Waals surface area contributed by atoms with E-state index in [1.165, 1.54) is 11.5 Å². The van der Waals surface area contributed by atoms with Crippen molar-refractivity contribution in [1.82, 2.24) is 14.7 Å². The summed E-state index contributed by atoms with van der Waals surface area (Å²) in [5.74, 6) is 0.451. The highest BCUT2D eigenvalue weighted by molar-refractivity contribution is 7.03. The Morgan fingerprint density at radius 1 is 1.11 bits per heavy atom. The van der Waals surface area contributed by atoms with Gasteiger partial charge >= 0.3 is 0 Å². The third kappa shape index (κ3) is 3.63. The minimum atomic E-state index is -0.377. The molecule has 1 amide bonds. The zero-order valence-electron chi connectivity index (χ0n) is 15.2. The van der Waals surface area contributed by atoms with Gasteiger partial charge in [-0.1, -0.05) is 33.9 Å². The second-order valence-corrected chi connectivity index (χ2v) is 6.69. The lowest BCUT2D eigenvalue weighted by Gasteiger charge is -2.08. The van der Waals surface area contributed by atoms with Crippen LogP contribution in [0.15, 0.2) is 58.4 Å². The molecule has 140 valence electrons. The minimum Gasteiger partial charge on any atom is -0.497 e. The second kappa shape index (κ2) is 7.61. The number of ether oxygens (including phenoxy) is 1. The van der Waals surface area contributed by atoms with E-state index < -0.39 is 0 Å². The number of aromatic nitrogens is 3. The molecule has 0 saturated carbocycles. The molecule has 0 radical (unpaired) electrons. The van der Waals surface area contributed by atoms with Gasteiger partial charge in [-0.05, 0) is 42.2 Å². The van der Waals surface area contributed by atoms with E-state index >= 15 is 0 Å². The van der Waals surface area contributed by atoms with Gasteiger partial charge in [-0.2, -0.15) is 0 Å². The molecule has 2 aromatic heterocycles. The van der Waals surface area contributed by atoms with Crippen LogP contribution in [0.2, 0.25) is 0 Å². The molecule has 0 saturated heterocycles. The van der Waals surface area contributed by atoms with Crippen molar-refractivity contribution in [3.63, 3.8) is 0 Å². The van der Waals surface area contributed by atoms with Gasteiger partial charge in [0.05, 0.1) is 7.11 Å². The summed E-state index contributed by atoms with van der Waals surface area (Å²) in [6.45, 7) is 1.92. The SMILES string of the molecule is COc1cccc(-c2cc(C(=O)Nc3cc(-c4csnn4)ccc3C)on2)c1. The van der Waals surface area contributed by atoms with Crippen LogP contribution in [0, 0.1) is 6.92 Å². The normalized spacial score (nSPS) is 10.6. The van der Waals surface area contributed by atoms with Gasteiger partial charge in [0.15, 0.2) is 0 Å². The van der Waals surface area contributed by atoms with Crippen molar-refractivity contribution in [2.24, 2.45) is 0 Å². The van der Waals surface area contributed by atoms with Gasteiger partial charge in [-0.15, -0.1) is 5.10 Å². The standard InChI is InChI=1S/C20H16N4O3S/c1-12-6-7-14(18-11-28-24-22-18)9-16(12)21-20(25)19-10-17(23-27-19)13-4-3-5-15(8-13)26-2/h3-11H,1-2H3,(H,21,25). The molecular weight excluding hydrogens is 376 g/mol. The molecule has 2 aromatic carbocycles. The Balaban J connectivity index is 1.56. The number of nitrogens with zero attached hydrogens (tertiary/aromatic N) is 3. The first-order chi connectivity index (χ1) is 13.6. The molecule has 0 unspecified atom stereocenters. The van der Waals surface area contributed by atoms with Crippen molar-refractivity contribution in [3.05, 3.63) is 65.2 Å². The first-order valence-electron chi connectivity index (χ1n) is 8.44. The Kier molecular flexibility index (Phi) is 4.86. The Bertz CT molecular complexity index is 1120. The smallest absolute Gasteiger partial charge is 0.294 e. The van der Waals surface area contributed by atoms with Gasteiger partial charge in [0, 0.05) is 28.3 Å². The molecule has 0 atom stereocenters. The minimum absolute atomic E-state index is 0.123. The quantitative estimate of drug-likeness (QED) is 0.540. The molecule has 4 aromatic rings. The molecule has 0 fully saturated rings. The van der Waals surface area contributed by atoms with Crippen LogP contribution in [0.5, 0.6) is 5.75 Å². The highest BCUT2D eigenvalue weighted by atomic mass is 32.1. The van der Waals surface area contributed by atoms with Crippen LogP contribution in [0.25, 0.3) is 22.5 Å². The van der Waals surface area contributed by atoms with E-state index in [9.17, 15) is 4.79 Å². The van der Waals surface area contributed by atoms with Crippen LogP contribution < -0.4 is 10.1 Å². The summed E-state index contributed by atoms with van der Waals surface area (Å²) >= 11 is 1.28. The summed E-state index contributed by atoms with van der Waals surface area (Å²) < 4.78 is 14.3. The van der Waals surface area contributed by atoms with E-state index in [0.29, 0.717) is 17.1 Å². The zero-order chi connectivity index (χ0) is 19.5. The zero-order valence-corrected chi connectivity index (χ0v) is 16.0. The van der Waals surface area contributed by atoms with E-state index in [4.69, 9.17) is 9.26 Å². The number of benzene rings is 2. The fourth-order valence-electron chi connectivity index (χ4n) is 2.69. The topological polar surface area (TPSA) is 90.1 Å². The predicted molar refractivity (Wildman–Crippen MR) is 107 cm³/mol. The fraction of sp³-hybridized carbons (Fsp3) is 0.100. The van der Waals surface area contributed by atoms with Gasteiger partial charge in [0.1, 0.15) is 17.1 Å². The Hall–Kier alpha value is -3.52. The van der Waals surface area contributed by atoms with Crippen LogP contribution in [-0.4, -0.2) is 27.8 Å². The average molecular weight is 392 g/mol. The van der Waals surface area contributed by atoms with Crippen molar-refractivity contribution in [2.45, 2.75) is 6.92 Å². The van der Waals surface area contributed by atoms with E-state index in [2.05, 4.69) is 20.1 Å². The lowest BCUT2D eigenvalue weighted by atomic mass is 10.1. The first-order valence-corrected chi connectivity index (χ1v) is 9.28. The molecule has 2 heterocycles. The van der Waals surface area contributed by atoms with Crippen molar-refractivity contribution in [1.29, 1.82) is 0 Å². The number of hydrogen-bond acceptors (Lipinski definition) is 7. The largest absolute Gasteiger partial charge is 0.497 e. The summed E-state index contributed by atoms with van der Waals surface area (Å²) in [6.07, 6.45) is 0. The van der Waals surface area contributed by atoms with Gasteiger partial charge < -0.3 is 14.6 Å². The number of rotatable bonds is 5. The number of amides is 1. The molecule has 1 N–H and O–H groups in total. The van der Waals surface area contributed by atoms with E-state index in [0.717, 1.165) is 22.4 Å². The Labute approximate surface area is 165 Å². The molecule has 7 nitrogen and oxygen atoms in total. The number of aryl methyl sites for hydroxylation is 1. The molecule has 28 heavy (non-hydrogen) atoms. The lowest BCUT2D eigenvalue weighted by Crippen LogP contribution is -2.12. The number of hydrogen-bond donors (Lipinski definition) is 1. The molecule has 0 aliphatic rings. The van der Waals surface area contributed by atoms with Crippen molar-refractivity contribution < 1.29 is 14.1 Å². The van der Waals surface area contributed by atoms with Crippen molar-refractivity contribution in [2.75, 3.05) is 12.4 Å². The van der Waals surface area contributed by atoms with Gasteiger partial charge in [-0.3, -0.25) is 4.79 Å². The fourth-order valence-corrected chi connectivity index (χ4v) is 3.16. The molecular formula is C20H16N4O3S. The van der Waals surface area contributed by atoms with Crippen LogP contribution >= 0.6 is 11.5 Å². The summed E-state index contributed by atoms with van der Waals surface area (Å²) in [7, 11) is 1.60. The van der Waals surface area contributed by atoms with Crippen molar-refractivity contribution in [3.8, 4) is 28.3 Å². The van der Waals surface area contributed by atoms with Crippen LogP contribution in [0.3, 0.4) is 0 Å². The number of nitrogens with one attached hydrogen (secondary N) is 1. The van der Waals surface area contributed by atoms with Gasteiger partial charge in [0.25, 0.3) is 5.91 Å². The second-order valence-electron chi connectivity index (χ2n) is 6.08. The van der Waals surface area contributed by atoms with E-state index in [1.54, 1.807) is 13.2 Å². The monoisotopic (exact) mass is 392 g/mol. The molecule has 8 heteroatoms. The van der Waals surface area contributed by atoms with Crippen LogP contribution in [-0.2, 0) is 0 Å². The van der Waals surface area contributed by atoms with Crippen molar-refractivity contribution >= 4 is 23.1 Å². The predicted octanol–water partition coefficient (Wildman–Crippen LogP) is 4.43. The van der Waals surface area contributed by atoms with Gasteiger partial charge in [0.2, 0.25) is 5.76 Å². The summed E-state index contributed by atoms with van der Waals surface area (Å²) in [4.78, 5) is 12.6. The maximum atomic E-state index is 12.6. The third-order valence-corrected chi connectivity index (χ3v) is 4.75. The van der Waals surface area contributed by atoms with Gasteiger partial charge in [-0.25, -0.2) is 0 Å². The molecule has 0 spiro atoms. The number of carbonyl (C=O) groups is 1. The molecule has 0 aliphatic heterocycles. The average Bonchev–Trinajstić information content (AvgIpc) is 3.42. The van der Waals surface area contributed by atoms with Crippen LogP contribution in [0.1, 0.15) is 16.1 Å². The highest BCUT2D eigenvalue weighted by Gasteiger charge is 2.16. The molecule has 0 bridgehead atoms. The highest BCUT2D eigenvalue weighted by Crippen LogP contribution is 2.26. The number of anilines is 1. The maximum absolute atomic E-state index is 12.6. The molecule has 4 rings (SSSR count). The Morgan fingerprint density at radius 2 is 1.96 bits per heavy atom. The lowest BCUT2D eigenvalue weighted by molar-refractivity contribution is 0.0988. The maximum Gasteiger partial charge on any atom is 0.294 e. The number of carbonyl (C=O) groups excluding carboxylic acids is 1. The molecule has 0 aliphatic carbocycles. The van der Waals surface area contributed by atoms with E-state index in [-0.39, 0.29) is 11.7 Å². The van der Waals surface area contributed by atoms with E-state index in [1.807, 2.05) is 54.8 Å². The summed E-state index contributed by atoms with van der Waals surface area (Å²) in [5, 5.41) is 12.8. The third-order valence-electron chi connectivity index (χ3n) is 4.24. The first kappa shape index (κ1) is 17.9. The summed E-state index contributed by atoms with van der Waals surface area (Å²) in [6, 6.07) is 14.7. The summed E-state index contributed by atoms with van der Waals surface area (Å²) in [5.41, 5.74) is 4.60. The number of methoxy groups -OCH3 is 1.